The van der Waals surface area contributed by atoms with Gasteiger partial charge >= 0.3 is 5.97 Å². The number of rotatable bonds is 3. The Labute approximate surface area is 126 Å². The van der Waals surface area contributed by atoms with Crippen molar-refractivity contribution in [3.63, 3.8) is 0 Å². The first kappa shape index (κ1) is 15.4. The second-order valence-corrected chi connectivity index (χ2v) is 6.59. The number of halogens is 1. The molecule has 6 nitrogen and oxygen atoms in total. The minimum atomic E-state index is -3.65. The van der Waals surface area contributed by atoms with E-state index in [4.69, 9.17) is 16.3 Å². The van der Waals surface area contributed by atoms with Crippen LogP contribution in [-0.2, 0) is 9.84 Å². The van der Waals surface area contributed by atoms with Gasteiger partial charge in [-0.3, -0.25) is 0 Å². The molecule has 0 saturated heterocycles. The molecule has 0 atom stereocenters. The van der Waals surface area contributed by atoms with E-state index in [0.717, 1.165) is 18.0 Å². The summed E-state index contributed by atoms with van der Waals surface area (Å²) >= 11 is 5.83. The van der Waals surface area contributed by atoms with E-state index in [-0.39, 0.29) is 10.7 Å². The minimum Gasteiger partial charge on any atom is -0.421 e. The molecule has 1 aromatic heterocycles. The zero-order chi connectivity index (χ0) is 15.6. The van der Waals surface area contributed by atoms with Gasteiger partial charge in [0.2, 0.25) is 15.0 Å². The molecule has 8 heteroatoms. The molecule has 1 heterocycles. The molecule has 21 heavy (non-hydrogen) atoms. The van der Waals surface area contributed by atoms with Gasteiger partial charge in [-0.25, -0.2) is 23.2 Å². The van der Waals surface area contributed by atoms with Crippen LogP contribution < -0.4 is 4.74 Å². The summed E-state index contributed by atoms with van der Waals surface area (Å²) in [5, 5.41) is -0.565. The number of hydrogen-bond donors (Lipinski definition) is 0. The van der Waals surface area contributed by atoms with Crippen LogP contribution in [0.25, 0.3) is 0 Å². The number of carbonyl (C=O) groups excluding carboxylic acids is 1. The molecule has 0 aliphatic rings. The third kappa shape index (κ3) is 3.56. The summed E-state index contributed by atoms with van der Waals surface area (Å²) in [6.07, 6.45) is 1.99. The molecule has 0 bridgehead atoms. The first-order chi connectivity index (χ1) is 9.79. The predicted octanol–water partition coefficient (Wildman–Crippen LogP) is 2.06. The van der Waals surface area contributed by atoms with E-state index in [1.807, 2.05) is 0 Å². The molecule has 2 aromatic rings. The molecule has 110 valence electrons. The van der Waals surface area contributed by atoms with Crippen LogP contribution in [-0.4, -0.2) is 30.6 Å². The Kier molecular flexibility index (Phi) is 4.24. The number of aryl methyl sites for hydroxylation is 1. The van der Waals surface area contributed by atoms with Crippen LogP contribution in [0, 0.1) is 6.92 Å². The number of esters is 1. The third-order valence-corrected chi connectivity index (χ3v) is 3.68. The molecule has 0 aliphatic heterocycles. The largest absolute Gasteiger partial charge is 0.421 e. The van der Waals surface area contributed by atoms with E-state index in [2.05, 4.69) is 9.97 Å². The highest BCUT2D eigenvalue weighted by atomic mass is 35.5. The van der Waals surface area contributed by atoms with Crippen molar-refractivity contribution in [2.75, 3.05) is 6.26 Å². The van der Waals surface area contributed by atoms with Crippen molar-refractivity contribution in [1.29, 1.82) is 0 Å². The maximum absolute atomic E-state index is 12.1. The van der Waals surface area contributed by atoms with Crippen molar-refractivity contribution in [2.24, 2.45) is 0 Å². The normalized spacial score (nSPS) is 11.2. The second kappa shape index (κ2) is 5.79. The van der Waals surface area contributed by atoms with Crippen LogP contribution in [0.1, 0.15) is 16.1 Å². The summed E-state index contributed by atoms with van der Waals surface area (Å²) in [5.41, 5.74) is 0.453. The van der Waals surface area contributed by atoms with Gasteiger partial charge in [0.05, 0.1) is 11.2 Å². The molecule has 0 fully saturated rings. The molecule has 1 aromatic carbocycles. The summed E-state index contributed by atoms with van der Waals surface area (Å²) in [6, 6.07) is 6.89. The van der Waals surface area contributed by atoms with Gasteiger partial charge < -0.3 is 4.74 Å². The molecule has 0 aliphatic carbocycles. The minimum absolute atomic E-state index is 0.0824. The Balaban J connectivity index is 2.38. The van der Waals surface area contributed by atoms with E-state index in [1.165, 1.54) is 0 Å². The Hall–Kier alpha value is -1.99. The van der Waals surface area contributed by atoms with Crippen LogP contribution in [0.15, 0.2) is 35.6 Å². The molecule has 0 saturated carbocycles. The molecule has 0 unspecified atom stereocenters. The SMILES string of the molecule is Cc1ccccc1OC(=O)c1nc(S(C)(=O)=O)ncc1Cl. The lowest BCUT2D eigenvalue weighted by Crippen LogP contribution is -2.15. The fourth-order valence-electron chi connectivity index (χ4n) is 1.49. The van der Waals surface area contributed by atoms with E-state index in [9.17, 15) is 13.2 Å². The van der Waals surface area contributed by atoms with Crippen LogP contribution in [0.4, 0.5) is 0 Å². The Bertz CT molecular complexity index is 806. The van der Waals surface area contributed by atoms with E-state index in [1.54, 1.807) is 31.2 Å². The summed E-state index contributed by atoms with van der Waals surface area (Å²) < 4.78 is 28.0. The molecule has 0 amide bonds. The van der Waals surface area contributed by atoms with Crippen LogP contribution in [0.3, 0.4) is 0 Å². The van der Waals surface area contributed by atoms with Gasteiger partial charge in [-0.15, -0.1) is 0 Å². The number of para-hydroxylation sites is 1. The van der Waals surface area contributed by atoms with Gasteiger partial charge in [-0.1, -0.05) is 29.8 Å². The first-order valence-corrected chi connectivity index (χ1v) is 8.06. The van der Waals surface area contributed by atoms with Crippen LogP contribution in [0.2, 0.25) is 5.02 Å². The number of nitrogens with zero attached hydrogens (tertiary/aromatic N) is 2. The van der Waals surface area contributed by atoms with Crippen molar-refractivity contribution in [1.82, 2.24) is 9.97 Å². The Morgan fingerprint density at radius 2 is 1.95 bits per heavy atom. The quantitative estimate of drug-likeness (QED) is 0.487. The van der Waals surface area contributed by atoms with Gasteiger partial charge in [0.1, 0.15) is 5.75 Å². The van der Waals surface area contributed by atoms with Gasteiger partial charge in [-0.05, 0) is 18.6 Å². The first-order valence-electron chi connectivity index (χ1n) is 5.79. The number of benzene rings is 1. The van der Waals surface area contributed by atoms with Crippen molar-refractivity contribution >= 4 is 27.4 Å². The molecule has 0 spiro atoms. The molecular weight excluding hydrogens is 316 g/mol. The van der Waals surface area contributed by atoms with E-state index >= 15 is 0 Å². The van der Waals surface area contributed by atoms with Gasteiger partial charge in [0, 0.05) is 6.26 Å². The average molecular weight is 327 g/mol. The molecular formula is C13H11ClN2O4S. The number of sulfone groups is 1. The third-order valence-electron chi connectivity index (χ3n) is 2.54. The Morgan fingerprint density at radius 3 is 2.57 bits per heavy atom. The highest BCUT2D eigenvalue weighted by Gasteiger charge is 2.20. The average Bonchev–Trinajstić information content (AvgIpc) is 2.40. The lowest BCUT2D eigenvalue weighted by Gasteiger charge is -2.08. The number of ether oxygens (including phenoxy) is 1. The van der Waals surface area contributed by atoms with Crippen molar-refractivity contribution in [2.45, 2.75) is 12.1 Å². The summed E-state index contributed by atoms with van der Waals surface area (Å²) in [5.74, 6) is -0.500. The molecule has 0 radical (unpaired) electrons. The van der Waals surface area contributed by atoms with Gasteiger partial charge in [-0.2, -0.15) is 0 Å². The summed E-state index contributed by atoms with van der Waals surface area (Å²) in [6.45, 7) is 1.77. The van der Waals surface area contributed by atoms with Crippen molar-refractivity contribution in [3.05, 3.63) is 46.7 Å². The van der Waals surface area contributed by atoms with Crippen molar-refractivity contribution in [3.8, 4) is 5.75 Å². The lowest BCUT2D eigenvalue weighted by molar-refractivity contribution is 0.0726. The lowest BCUT2D eigenvalue weighted by atomic mass is 10.2. The van der Waals surface area contributed by atoms with E-state index in [0.29, 0.717) is 5.75 Å². The van der Waals surface area contributed by atoms with Crippen LogP contribution >= 0.6 is 11.6 Å². The number of carbonyl (C=O) groups is 1. The fourth-order valence-corrected chi connectivity index (χ4v) is 2.16. The monoisotopic (exact) mass is 326 g/mol. The van der Waals surface area contributed by atoms with E-state index < -0.39 is 21.0 Å². The molecule has 2 rings (SSSR count). The fraction of sp³-hybridized carbons (Fsp3) is 0.154. The second-order valence-electron chi connectivity index (χ2n) is 4.28. The predicted molar refractivity (Wildman–Crippen MR) is 76.3 cm³/mol. The maximum atomic E-state index is 12.1. The summed E-state index contributed by atoms with van der Waals surface area (Å²) in [4.78, 5) is 19.3. The van der Waals surface area contributed by atoms with Gasteiger partial charge in [0.15, 0.2) is 5.69 Å². The smallest absolute Gasteiger partial charge is 0.364 e. The highest BCUT2D eigenvalue weighted by Crippen LogP contribution is 2.20. The standard InChI is InChI=1S/C13H11ClN2O4S/c1-8-5-3-4-6-10(8)20-12(17)11-9(14)7-15-13(16-11)21(2,18)19/h3-7H,1-2H3. The zero-order valence-electron chi connectivity index (χ0n) is 11.2. The molecule has 0 N–H and O–H groups in total. The maximum Gasteiger partial charge on any atom is 0.364 e. The summed E-state index contributed by atoms with van der Waals surface area (Å²) in [7, 11) is -3.65. The van der Waals surface area contributed by atoms with Crippen molar-refractivity contribution < 1.29 is 17.9 Å². The highest BCUT2D eigenvalue weighted by molar-refractivity contribution is 7.90. The van der Waals surface area contributed by atoms with Crippen LogP contribution in [0.5, 0.6) is 5.75 Å². The topological polar surface area (TPSA) is 86.2 Å². The zero-order valence-corrected chi connectivity index (χ0v) is 12.8. The van der Waals surface area contributed by atoms with Gasteiger partial charge in [0.25, 0.3) is 0 Å². The number of hydrogen-bond acceptors (Lipinski definition) is 6. The Morgan fingerprint density at radius 1 is 1.29 bits per heavy atom. The number of aromatic nitrogens is 2.